The fourth-order valence-corrected chi connectivity index (χ4v) is 6.09. The van der Waals surface area contributed by atoms with Crippen LogP contribution in [0.15, 0.2) is 59.6 Å². The highest BCUT2D eigenvalue weighted by molar-refractivity contribution is 8.26. The number of hydrogen-bond acceptors (Lipinski definition) is 5. The molecular formula is C28H29N3O2S2. The van der Waals surface area contributed by atoms with Crippen LogP contribution in [0.3, 0.4) is 0 Å². The lowest BCUT2D eigenvalue weighted by Crippen LogP contribution is -2.36. The number of amides is 1. The summed E-state index contributed by atoms with van der Waals surface area (Å²) in [5.74, 6) is 0.905. The topological polar surface area (TPSA) is 47.4 Å². The summed E-state index contributed by atoms with van der Waals surface area (Å²) >= 11 is 7.01. The summed E-state index contributed by atoms with van der Waals surface area (Å²) in [6.07, 6.45) is 9.28. The number of nitrogens with zero attached hydrogens (tertiary/aromatic N) is 3. The molecule has 7 heteroatoms. The van der Waals surface area contributed by atoms with Gasteiger partial charge in [0.15, 0.2) is 0 Å². The molecular weight excluding hydrogens is 474 g/mol. The Labute approximate surface area is 216 Å². The van der Waals surface area contributed by atoms with E-state index in [1.807, 2.05) is 64.3 Å². The highest BCUT2D eigenvalue weighted by atomic mass is 32.2. The van der Waals surface area contributed by atoms with Crippen LogP contribution in [0.2, 0.25) is 0 Å². The summed E-state index contributed by atoms with van der Waals surface area (Å²) in [5.41, 5.74) is 4.72. The molecule has 0 N–H and O–H groups in total. The van der Waals surface area contributed by atoms with E-state index in [1.165, 1.54) is 11.8 Å². The zero-order valence-electron chi connectivity index (χ0n) is 20.1. The van der Waals surface area contributed by atoms with Gasteiger partial charge in [-0.15, -0.1) is 0 Å². The molecule has 0 radical (unpaired) electrons. The third-order valence-electron chi connectivity index (χ3n) is 6.47. The van der Waals surface area contributed by atoms with Gasteiger partial charge in [0.2, 0.25) is 0 Å². The van der Waals surface area contributed by atoms with Gasteiger partial charge < -0.3 is 4.74 Å². The summed E-state index contributed by atoms with van der Waals surface area (Å²) in [6.45, 7) is 4.84. The molecule has 3 aromatic rings. The lowest BCUT2D eigenvalue weighted by atomic mass is 10.0. The number of para-hydroxylation sites is 1. The minimum atomic E-state index is 0.0183. The first kappa shape index (κ1) is 23.8. The van der Waals surface area contributed by atoms with Crippen LogP contribution in [0.5, 0.6) is 5.75 Å². The molecule has 0 bridgehead atoms. The fraction of sp³-hybridized carbons (Fsp3) is 0.321. The average Bonchev–Trinajstić information content (AvgIpc) is 3.59. The molecule has 0 unspecified atom stereocenters. The molecule has 35 heavy (non-hydrogen) atoms. The number of thioether (sulfide) groups is 1. The molecule has 1 amide bonds. The van der Waals surface area contributed by atoms with Crippen molar-refractivity contribution in [3.63, 3.8) is 0 Å². The zero-order chi connectivity index (χ0) is 24.4. The van der Waals surface area contributed by atoms with Crippen LogP contribution in [0, 0.1) is 6.92 Å². The van der Waals surface area contributed by atoms with Gasteiger partial charge in [-0.25, -0.2) is 4.68 Å². The van der Waals surface area contributed by atoms with Crippen LogP contribution in [0.4, 0.5) is 0 Å². The van der Waals surface area contributed by atoms with Gasteiger partial charge in [0.1, 0.15) is 15.8 Å². The predicted molar refractivity (Wildman–Crippen MR) is 147 cm³/mol. The maximum absolute atomic E-state index is 13.3. The molecule has 180 valence electrons. The molecule has 1 saturated carbocycles. The van der Waals surface area contributed by atoms with E-state index in [0.29, 0.717) is 15.8 Å². The maximum atomic E-state index is 13.3. The van der Waals surface area contributed by atoms with E-state index in [9.17, 15) is 4.79 Å². The van der Waals surface area contributed by atoms with Gasteiger partial charge in [-0.05, 0) is 68.2 Å². The van der Waals surface area contributed by atoms with Crippen LogP contribution in [0.1, 0.15) is 50.2 Å². The highest BCUT2D eigenvalue weighted by Crippen LogP contribution is 2.39. The molecule has 0 spiro atoms. The van der Waals surface area contributed by atoms with E-state index in [-0.39, 0.29) is 11.9 Å². The number of rotatable bonds is 7. The van der Waals surface area contributed by atoms with Crippen molar-refractivity contribution in [1.82, 2.24) is 14.7 Å². The zero-order valence-corrected chi connectivity index (χ0v) is 21.7. The Morgan fingerprint density at radius 1 is 1.17 bits per heavy atom. The molecule has 2 aromatic carbocycles. The molecule has 2 fully saturated rings. The summed E-state index contributed by atoms with van der Waals surface area (Å²) in [6, 6.07) is 16.4. The van der Waals surface area contributed by atoms with Crippen LogP contribution < -0.4 is 4.74 Å². The fourth-order valence-electron chi connectivity index (χ4n) is 4.70. The summed E-state index contributed by atoms with van der Waals surface area (Å²) in [7, 11) is 0. The van der Waals surface area contributed by atoms with Crippen molar-refractivity contribution >= 4 is 40.3 Å². The smallest absolute Gasteiger partial charge is 0.266 e. The van der Waals surface area contributed by atoms with Crippen molar-refractivity contribution < 1.29 is 9.53 Å². The van der Waals surface area contributed by atoms with Crippen molar-refractivity contribution in [2.75, 3.05) is 6.61 Å². The molecule has 1 saturated heterocycles. The van der Waals surface area contributed by atoms with Crippen LogP contribution in [0.25, 0.3) is 23.0 Å². The number of aryl methyl sites for hydroxylation is 1. The Kier molecular flexibility index (Phi) is 7.07. The summed E-state index contributed by atoms with van der Waals surface area (Å²) < 4.78 is 8.41. The Balaban J connectivity index is 1.54. The minimum absolute atomic E-state index is 0.0183. The average molecular weight is 504 g/mol. The molecule has 1 aliphatic heterocycles. The Morgan fingerprint density at radius 3 is 2.66 bits per heavy atom. The SMILES string of the molecule is CCCOc1ccc(-c2nn(-c3ccccc3)cc2C=C2SC(=S)N(C3CCCC3)C2=O)cc1C. The second-order valence-corrected chi connectivity index (χ2v) is 10.7. The summed E-state index contributed by atoms with van der Waals surface area (Å²) in [4.78, 5) is 15.8. The maximum Gasteiger partial charge on any atom is 0.266 e. The summed E-state index contributed by atoms with van der Waals surface area (Å²) in [5, 5.41) is 4.93. The van der Waals surface area contributed by atoms with Crippen molar-refractivity contribution in [2.45, 2.75) is 52.0 Å². The van der Waals surface area contributed by atoms with E-state index in [2.05, 4.69) is 19.9 Å². The van der Waals surface area contributed by atoms with Gasteiger partial charge in [-0.2, -0.15) is 5.10 Å². The quantitative estimate of drug-likeness (QED) is 0.263. The third-order valence-corrected chi connectivity index (χ3v) is 7.80. The second kappa shape index (κ2) is 10.4. The van der Waals surface area contributed by atoms with Crippen molar-refractivity contribution in [3.8, 4) is 22.7 Å². The van der Waals surface area contributed by atoms with Crippen molar-refractivity contribution in [3.05, 3.63) is 70.8 Å². The first-order valence-corrected chi connectivity index (χ1v) is 13.4. The standard InChI is InChI=1S/C28H29N3O2S2/c1-3-15-33-24-14-13-20(16-19(24)2)26-21(18-30(29-26)22-9-5-4-6-10-22)17-25-27(32)31(28(34)35-25)23-11-7-8-12-23/h4-6,9-10,13-14,16-18,23H,3,7-8,11-12,15H2,1-2H3. The van der Waals surface area contributed by atoms with Crippen molar-refractivity contribution in [2.24, 2.45) is 0 Å². The van der Waals surface area contributed by atoms with Gasteiger partial charge in [0, 0.05) is 23.4 Å². The van der Waals surface area contributed by atoms with Crippen molar-refractivity contribution in [1.29, 1.82) is 0 Å². The lowest BCUT2D eigenvalue weighted by Gasteiger charge is -2.21. The molecule has 0 atom stereocenters. The van der Waals surface area contributed by atoms with Crippen LogP contribution in [-0.2, 0) is 4.79 Å². The molecule has 5 rings (SSSR count). The number of thiocarbonyl (C=S) groups is 1. The van der Waals surface area contributed by atoms with Gasteiger partial charge in [-0.3, -0.25) is 9.69 Å². The van der Waals surface area contributed by atoms with Gasteiger partial charge in [0.25, 0.3) is 5.91 Å². The van der Waals surface area contributed by atoms with E-state index in [4.69, 9.17) is 22.1 Å². The molecule has 5 nitrogen and oxygen atoms in total. The first-order chi connectivity index (χ1) is 17.0. The highest BCUT2D eigenvalue weighted by Gasteiger charge is 2.38. The molecule has 1 aromatic heterocycles. The van der Waals surface area contributed by atoms with Gasteiger partial charge in [-0.1, -0.05) is 61.9 Å². The molecule has 2 aliphatic rings. The molecule has 1 aliphatic carbocycles. The number of carbonyl (C=O) groups is 1. The number of carbonyl (C=O) groups excluding carboxylic acids is 1. The van der Waals surface area contributed by atoms with Crippen LogP contribution in [-0.4, -0.2) is 37.6 Å². The van der Waals surface area contributed by atoms with Gasteiger partial charge >= 0.3 is 0 Å². The van der Waals surface area contributed by atoms with Crippen LogP contribution >= 0.6 is 24.0 Å². The van der Waals surface area contributed by atoms with E-state index in [0.717, 1.165) is 65.9 Å². The Bertz CT molecular complexity index is 1280. The van der Waals surface area contributed by atoms with E-state index < -0.39 is 0 Å². The van der Waals surface area contributed by atoms with E-state index in [1.54, 1.807) is 0 Å². The number of benzene rings is 2. The number of aromatic nitrogens is 2. The largest absolute Gasteiger partial charge is 0.493 e. The number of hydrogen-bond donors (Lipinski definition) is 0. The monoisotopic (exact) mass is 503 g/mol. The first-order valence-electron chi connectivity index (χ1n) is 12.2. The Hall–Kier alpha value is -2.90. The second-order valence-electron chi connectivity index (χ2n) is 9.03. The normalized spacial score (nSPS) is 17.7. The Morgan fingerprint density at radius 2 is 1.94 bits per heavy atom. The lowest BCUT2D eigenvalue weighted by molar-refractivity contribution is -0.123. The van der Waals surface area contributed by atoms with E-state index >= 15 is 0 Å². The third kappa shape index (κ3) is 4.93. The van der Waals surface area contributed by atoms with Gasteiger partial charge in [0.05, 0.1) is 17.2 Å². The predicted octanol–water partition coefficient (Wildman–Crippen LogP) is 6.78. The number of ether oxygens (including phenoxy) is 1. The molecule has 2 heterocycles. The minimum Gasteiger partial charge on any atom is -0.493 e.